The number of amides is 3. The Labute approximate surface area is 226 Å². The second-order valence-corrected chi connectivity index (χ2v) is 10.3. The highest BCUT2D eigenvalue weighted by Crippen LogP contribution is 2.34. The molecule has 1 N–H and O–H groups in total. The first-order valence-electron chi connectivity index (χ1n) is 13.9. The van der Waals surface area contributed by atoms with Crippen LogP contribution in [-0.4, -0.2) is 61.0 Å². The Morgan fingerprint density at radius 2 is 1.68 bits per heavy atom. The lowest BCUT2D eigenvalue weighted by atomic mass is 9.97. The van der Waals surface area contributed by atoms with Crippen molar-refractivity contribution in [2.24, 2.45) is 0 Å². The van der Waals surface area contributed by atoms with Gasteiger partial charge >= 0.3 is 0 Å². The largest absolute Gasteiger partial charge is 0.355 e. The molecule has 2 aromatic carbocycles. The van der Waals surface area contributed by atoms with Gasteiger partial charge in [-0.3, -0.25) is 19.4 Å². The minimum atomic E-state index is -0.0902. The fraction of sp³-hybridized carbons (Fsp3) is 0.500. The van der Waals surface area contributed by atoms with Crippen molar-refractivity contribution in [1.82, 2.24) is 15.3 Å². The fourth-order valence-corrected chi connectivity index (χ4v) is 5.38. The number of hydrogen-bond acceptors (Lipinski definition) is 5. The van der Waals surface area contributed by atoms with E-state index >= 15 is 0 Å². The highest BCUT2D eigenvalue weighted by Gasteiger charge is 2.29. The molecule has 0 radical (unpaired) electrons. The molecule has 0 fully saturated rings. The number of rotatable bonds is 11. The predicted molar refractivity (Wildman–Crippen MR) is 151 cm³/mol. The highest BCUT2D eigenvalue weighted by molar-refractivity contribution is 5.97. The van der Waals surface area contributed by atoms with E-state index in [0.717, 1.165) is 41.8 Å². The van der Waals surface area contributed by atoms with Crippen LogP contribution in [0.5, 0.6) is 0 Å². The number of hydrogen-bond donors (Lipinski definition) is 1. The summed E-state index contributed by atoms with van der Waals surface area (Å²) >= 11 is 0. The van der Waals surface area contributed by atoms with Crippen LogP contribution in [0.4, 0.5) is 11.4 Å². The van der Waals surface area contributed by atoms with Crippen LogP contribution in [0.2, 0.25) is 0 Å². The van der Waals surface area contributed by atoms with Crippen molar-refractivity contribution in [3.63, 3.8) is 0 Å². The van der Waals surface area contributed by atoms with E-state index in [2.05, 4.69) is 30.4 Å². The molecular weight excluding hydrogens is 478 g/mol. The smallest absolute Gasteiger partial charge is 0.256 e. The molecule has 2 aliphatic rings. The normalized spacial score (nSPS) is 14.7. The molecule has 0 spiro atoms. The first-order chi connectivity index (χ1) is 18.3. The van der Waals surface area contributed by atoms with E-state index in [-0.39, 0.29) is 30.8 Å². The van der Waals surface area contributed by atoms with Gasteiger partial charge in [0.2, 0.25) is 11.8 Å². The van der Waals surface area contributed by atoms with E-state index in [4.69, 9.17) is 0 Å². The molecule has 0 saturated carbocycles. The molecule has 0 saturated heterocycles. The van der Waals surface area contributed by atoms with Gasteiger partial charge in [-0.05, 0) is 61.1 Å². The number of nitrogens with zero attached hydrogens (tertiary/aromatic N) is 4. The Kier molecular flexibility index (Phi) is 9.05. The molecule has 2 aliphatic heterocycles. The van der Waals surface area contributed by atoms with Gasteiger partial charge in [-0.25, -0.2) is 5.01 Å². The maximum Gasteiger partial charge on any atom is 0.256 e. The fourth-order valence-electron chi connectivity index (χ4n) is 5.38. The highest BCUT2D eigenvalue weighted by atomic mass is 16.2. The molecule has 0 aromatic heterocycles. The number of benzene rings is 2. The first-order valence-corrected chi connectivity index (χ1v) is 13.9. The lowest BCUT2D eigenvalue weighted by Crippen LogP contribution is -2.48. The topological polar surface area (TPSA) is 76.2 Å². The van der Waals surface area contributed by atoms with Gasteiger partial charge in [0.25, 0.3) is 5.91 Å². The van der Waals surface area contributed by atoms with Crippen LogP contribution in [0.15, 0.2) is 36.4 Å². The minimum absolute atomic E-state index is 0.0703. The summed E-state index contributed by atoms with van der Waals surface area (Å²) in [4.78, 5) is 42.7. The average molecular weight is 520 g/mol. The second kappa shape index (κ2) is 12.4. The average Bonchev–Trinajstić information content (AvgIpc) is 3.34. The summed E-state index contributed by atoms with van der Waals surface area (Å²) in [6.07, 6.45) is 4.24. The number of hydrazine groups is 1. The lowest BCUT2D eigenvalue weighted by Gasteiger charge is -2.34. The van der Waals surface area contributed by atoms with E-state index in [1.165, 1.54) is 11.1 Å². The summed E-state index contributed by atoms with van der Waals surface area (Å²) in [5, 5.41) is 6.76. The summed E-state index contributed by atoms with van der Waals surface area (Å²) in [7, 11) is 1.81. The molecular formula is C30H41N5O3. The summed E-state index contributed by atoms with van der Waals surface area (Å²) in [6.45, 7) is 8.92. The number of aryl methyl sites for hydroxylation is 2. The van der Waals surface area contributed by atoms with Crippen molar-refractivity contribution in [2.75, 3.05) is 43.0 Å². The lowest BCUT2D eigenvalue weighted by molar-refractivity contribution is -0.145. The van der Waals surface area contributed by atoms with Gasteiger partial charge in [-0.1, -0.05) is 44.0 Å². The third-order valence-electron chi connectivity index (χ3n) is 7.63. The van der Waals surface area contributed by atoms with E-state index < -0.39 is 0 Å². The predicted octanol–water partition coefficient (Wildman–Crippen LogP) is 3.80. The van der Waals surface area contributed by atoms with E-state index in [1.807, 2.05) is 53.9 Å². The van der Waals surface area contributed by atoms with Crippen LogP contribution in [0.3, 0.4) is 0 Å². The van der Waals surface area contributed by atoms with Gasteiger partial charge < -0.3 is 15.1 Å². The zero-order chi connectivity index (χ0) is 27.2. The van der Waals surface area contributed by atoms with Gasteiger partial charge in [0.05, 0.1) is 13.1 Å². The molecule has 38 heavy (non-hydrogen) atoms. The standard InChI is InChI=1S/C30H41N5O3/c1-5-7-10-15-31-28(36)20-33(21-30(38)32(4)34-18-24-11-8-9-12-25(24)19-34)26-17-23-13-14-29(37)35(6-2)27(23)16-22(26)3/h8-9,11-12,16-17H,5-7,10,13-15,18-21H2,1-4H3,(H,31,36). The number of carbonyl (C=O) groups excluding carboxylic acids is 3. The van der Waals surface area contributed by atoms with Crippen LogP contribution < -0.4 is 15.1 Å². The zero-order valence-corrected chi connectivity index (χ0v) is 23.3. The Morgan fingerprint density at radius 3 is 2.34 bits per heavy atom. The number of unbranched alkanes of at least 4 members (excludes halogenated alkanes) is 2. The number of anilines is 2. The van der Waals surface area contributed by atoms with E-state index in [0.29, 0.717) is 39.0 Å². The molecule has 8 heteroatoms. The Morgan fingerprint density at radius 1 is 0.974 bits per heavy atom. The number of likely N-dealkylation sites (N-methyl/N-ethyl adjacent to an activating group) is 1. The number of fused-ring (bicyclic) bond motifs is 2. The molecule has 0 atom stereocenters. The summed E-state index contributed by atoms with van der Waals surface area (Å²) in [5.74, 6) is -0.0226. The Bertz CT molecular complexity index is 1160. The van der Waals surface area contributed by atoms with Crippen LogP contribution in [0, 0.1) is 6.92 Å². The monoisotopic (exact) mass is 519 g/mol. The van der Waals surface area contributed by atoms with Crippen LogP contribution in [0.1, 0.15) is 61.8 Å². The quantitative estimate of drug-likeness (QED) is 0.457. The molecule has 3 amide bonds. The van der Waals surface area contributed by atoms with Crippen molar-refractivity contribution in [3.8, 4) is 0 Å². The second-order valence-electron chi connectivity index (χ2n) is 10.3. The summed E-state index contributed by atoms with van der Waals surface area (Å²) in [6, 6.07) is 12.4. The maximum absolute atomic E-state index is 13.5. The van der Waals surface area contributed by atoms with Crippen LogP contribution in [-0.2, 0) is 33.9 Å². The molecule has 0 aliphatic carbocycles. The first kappa shape index (κ1) is 27.6. The number of nitrogens with one attached hydrogen (secondary N) is 1. The SMILES string of the molecule is CCCCCNC(=O)CN(CC(=O)N(C)N1Cc2ccccc2C1)c1cc2c(cc1C)N(CC)C(=O)CC2. The maximum atomic E-state index is 13.5. The van der Waals surface area contributed by atoms with E-state index in [9.17, 15) is 14.4 Å². The van der Waals surface area contributed by atoms with Crippen LogP contribution >= 0.6 is 0 Å². The minimum Gasteiger partial charge on any atom is -0.355 e. The van der Waals surface area contributed by atoms with Gasteiger partial charge in [-0.2, -0.15) is 0 Å². The third-order valence-corrected chi connectivity index (χ3v) is 7.63. The van der Waals surface area contributed by atoms with Crippen LogP contribution in [0.25, 0.3) is 0 Å². The van der Waals surface area contributed by atoms with Crippen molar-refractivity contribution >= 4 is 29.1 Å². The molecule has 204 valence electrons. The zero-order valence-electron chi connectivity index (χ0n) is 23.3. The molecule has 8 nitrogen and oxygen atoms in total. The molecule has 0 unspecified atom stereocenters. The third kappa shape index (κ3) is 6.18. The molecule has 2 heterocycles. The van der Waals surface area contributed by atoms with Crippen molar-refractivity contribution < 1.29 is 14.4 Å². The summed E-state index contributed by atoms with van der Waals surface area (Å²) < 4.78 is 0. The van der Waals surface area contributed by atoms with Gasteiger partial charge in [0.15, 0.2) is 0 Å². The molecule has 0 bridgehead atoms. The van der Waals surface area contributed by atoms with E-state index in [1.54, 1.807) is 5.01 Å². The van der Waals surface area contributed by atoms with Gasteiger partial charge in [0.1, 0.15) is 0 Å². The summed E-state index contributed by atoms with van der Waals surface area (Å²) in [5.41, 5.74) is 6.29. The van der Waals surface area contributed by atoms with Gasteiger partial charge in [-0.15, -0.1) is 0 Å². The molecule has 4 rings (SSSR count). The van der Waals surface area contributed by atoms with Crippen molar-refractivity contribution in [2.45, 2.75) is 66.0 Å². The van der Waals surface area contributed by atoms with Gasteiger partial charge in [0, 0.05) is 51.0 Å². The van der Waals surface area contributed by atoms with Crippen molar-refractivity contribution in [1.29, 1.82) is 0 Å². The van der Waals surface area contributed by atoms with Crippen molar-refractivity contribution in [3.05, 3.63) is 58.7 Å². The number of carbonyl (C=O) groups is 3. The molecule has 2 aromatic rings. The Hall–Kier alpha value is -3.39. The Balaban J connectivity index is 1.54.